The standard InChI is InChI=1S/C11H11I2N3O2/c1-11(2,9(17)18-3)16-5-7(12)6-4-14-10(13)15-8(6)16/h4-5H,1-3H3. The van der Waals surface area contributed by atoms with Gasteiger partial charge in [0.15, 0.2) is 3.83 Å². The van der Waals surface area contributed by atoms with Gasteiger partial charge in [-0.15, -0.1) is 0 Å². The van der Waals surface area contributed by atoms with Crippen LogP contribution in [0.2, 0.25) is 0 Å². The summed E-state index contributed by atoms with van der Waals surface area (Å²) in [5, 5.41) is 0.938. The Morgan fingerprint density at radius 3 is 2.72 bits per heavy atom. The number of ether oxygens (including phenoxy) is 1. The van der Waals surface area contributed by atoms with Crippen LogP contribution in [0.3, 0.4) is 0 Å². The van der Waals surface area contributed by atoms with Crippen molar-refractivity contribution in [2.45, 2.75) is 19.4 Å². The Balaban J connectivity index is 2.72. The number of aromatic nitrogens is 3. The van der Waals surface area contributed by atoms with Gasteiger partial charge in [-0.3, -0.25) is 0 Å². The zero-order valence-corrected chi connectivity index (χ0v) is 14.4. The Labute approximate surface area is 132 Å². The lowest BCUT2D eigenvalue weighted by molar-refractivity contribution is -0.149. The van der Waals surface area contributed by atoms with Crippen LogP contribution in [0.15, 0.2) is 12.4 Å². The largest absolute Gasteiger partial charge is 0.467 e. The highest BCUT2D eigenvalue weighted by Gasteiger charge is 2.33. The number of esters is 1. The Hall–Kier alpha value is -0.450. The van der Waals surface area contributed by atoms with Gasteiger partial charge in [0.1, 0.15) is 11.2 Å². The van der Waals surface area contributed by atoms with Crippen molar-refractivity contribution >= 4 is 62.2 Å². The fourth-order valence-corrected chi connectivity index (χ4v) is 2.75. The monoisotopic (exact) mass is 471 g/mol. The molecule has 0 aliphatic rings. The van der Waals surface area contributed by atoms with Gasteiger partial charge >= 0.3 is 5.97 Å². The second kappa shape index (κ2) is 4.91. The average molecular weight is 471 g/mol. The molecule has 18 heavy (non-hydrogen) atoms. The molecule has 0 aromatic carbocycles. The lowest BCUT2D eigenvalue weighted by Gasteiger charge is -2.24. The van der Waals surface area contributed by atoms with Crippen LogP contribution in [0.4, 0.5) is 0 Å². The number of halogens is 2. The van der Waals surface area contributed by atoms with Gasteiger partial charge in [-0.05, 0) is 36.4 Å². The van der Waals surface area contributed by atoms with Crippen LogP contribution in [-0.2, 0) is 15.1 Å². The van der Waals surface area contributed by atoms with E-state index in [0.29, 0.717) is 3.83 Å². The van der Waals surface area contributed by atoms with Gasteiger partial charge in [-0.25, -0.2) is 14.8 Å². The molecule has 0 aliphatic heterocycles. The summed E-state index contributed by atoms with van der Waals surface area (Å²) in [7, 11) is 1.39. The molecule has 0 amide bonds. The fraction of sp³-hybridized carbons (Fsp3) is 0.364. The van der Waals surface area contributed by atoms with E-state index < -0.39 is 5.54 Å². The van der Waals surface area contributed by atoms with E-state index in [9.17, 15) is 4.79 Å². The van der Waals surface area contributed by atoms with Gasteiger partial charge in [0.25, 0.3) is 0 Å². The van der Waals surface area contributed by atoms with Crippen LogP contribution in [0.5, 0.6) is 0 Å². The minimum absolute atomic E-state index is 0.301. The number of methoxy groups -OCH3 is 1. The minimum Gasteiger partial charge on any atom is -0.467 e. The predicted molar refractivity (Wildman–Crippen MR) is 84.3 cm³/mol. The highest BCUT2D eigenvalue weighted by molar-refractivity contribution is 14.1. The minimum atomic E-state index is -0.798. The normalized spacial score (nSPS) is 11.8. The Bertz CT molecular complexity index is 622. The molecule has 0 unspecified atom stereocenters. The predicted octanol–water partition coefficient (Wildman–Crippen LogP) is 2.55. The van der Waals surface area contributed by atoms with E-state index in [1.54, 1.807) is 6.20 Å². The van der Waals surface area contributed by atoms with Crippen molar-refractivity contribution in [3.63, 3.8) is 0 Å². The maximum Gasteiger partial charge on any atom is 0.331 e. The first-order chi connectivity index (χ1) is 8.37. The van der Waals surface area contributed by atoms with Gasteiger partial charge in [-0.2, -0.15) is 0 Å². The summed E-state index contributed by atoms with van der Waals surface area (Å²) < 4.78 is 8.34. The summed E-state index contributed by atoms with van der Waals surface area (Å²) in [6, 6.07) is 0. The summed E-state index contributed by atoms with van der Waals surface area (Å²) in [5.74, 6) is -0.301. The molecule has 0 atom stereocenters. The molecule has 2 aromatic heterocycles. The average Bonchev–Trinajstić information content (AvgIpc) is 2.65. The molecule has 5 nitrogen and oxygen atoms in total. The first kappa shape index (κ1) is 14.0. The highest BCUT2D eigenvalue weighted by atomic mass is 127. The maximum atomic E-state index is 11.9. The third-order valence-electron chi connectivity index (χ3n) is 2.75. The third-order valence-corrected chi connectivity index (χ3v) is 4.13. The summed E-state index contributed by atoms with van der Waals surface area (Å²) >= 11 is 4.27. The summed E-state index contributed by atoms with van der Waals surface area (Å²) in [6.45, 7) is 3.62. The number of nitrogens with zero attached hydrogens (tertiary/aromatic N) is 3. The SMILES string of the molecule is COC(=O)C(C)(C)n1cc(I)c2cnc(I)nc21. The number of carbonyl (C=O) groups is 1. The lowest BCUT2D eigenvalue weighted by atomic mass is 10.1. The Kier molecular flexibility index (Phi) is 3.81. The Morgan fingerprint density at radius 1 is 1.44 bits per heavy atom. The quantitative estimate of drug-likeness (QED) is 0.384. The van der Waals surface area contributed by atoms with Crippen molar-refractivity contribution in [2.24, 2.45) is 0 Å². The van der Waals surface area contributed by atoms with Crippen molar-refractivity contribution < 1.29 is 9.53 Å². The number of carbonyl (C=O) groups excluding carboxylic acids is 1. The van der Waals surface area contributed by atoms with Crippen LogP contribution in [0, 0.1) is 7.40 Å². The molecule has 0 bridgehead atoms. The zero-order chi connectivity index (χ0) is 13.5. The first-order valence-electron chi connectivity index (χ1n) is 5.16. The molecular formula is C11H11I2N3O2. The molecule has 2 rings (SSSR count). The van der Waals surface area contributed by atoms with Crippen molar-refractivity contribution in [2.75, 3.05) is 7.11 Å². The Morgan fingerprint density at radius 2 is 2.11 bits per heavy atom. The van der Waals surface area contributed by atoms with E-state index in [1.807, 2.05) is 24.6 Å². The molecule has 0 saturated heterocycles. The van der Waals surface area contributed by atoms with Crippen molar-refractivity contribution in [1.29, 1.82) is 0 Å². The van der Waals surface area contributed by atoms with Crippen molar-refractivity contribution in [3.8, 4) is 0 Å². The van der Waals surface area contributed by atoms with E-state index >= 15 is 0 Å². The molecule has 0 aliphatic carbocycles. The smallest absolute Gasteiger partial charge is 0.331 e. The van der Waals surface area contributed by atoms with Crippen LogP contribution in [0.1, 0.15) is 13.8 Å². The lowest BCUT2D eigenvalue weighted by Crippen LogP contribution is -2.36. The molecule has 0 N–H and O–H groups in total. The van der Waals surface area contributed by atoms with Crippen LogP contribution < -0.4 is 0 Å². The number of fused-ring (bicyclic) bond motifs is 1. The van der Waals surface area contributed by atoms with Crippen LogP contribution >= 0.6 is 45.2 Å². The molecular weight excluding hydrogens is 460 g/mol. The van der Waals surface area contributed by atoms with Gasteiger partial charge in [0, 0.05) is 38.6 Å². The highest BCUT2D eigenvalue weighted by Crippen LogP contribution is 2.28. The van der Waals surface area contributed by atoms with Crippen LogP contribution in [-0.4, -0.2) is 27.6 Å². The van der Waals surface area contributed by atoms with E-state index in [-0.39, 0.29) is 5.97 Å². The van der Waals surface area contributed by atoms with Gasteiger partial charge in [0.05, 0.1) is 12.5 Å². The van der Waals surface area contributed by atoms with E-state index in [0.717, 1.165) is 14.6 Å². The van der Waals surface area contributed by atoms with E-state index in [2.05, 4.69) is 55.1 Å². The first-order valence-corrected chi connectivity index (χ1v) is 7.31. The number of hydrogen-bond donors (Lipinski definition) is 0. The molecule has 0 radical (unpaired) electrons. The molecule has 2 heterocycles. The second-order valence-electron chi connectivity index (χ2n) is 4.27. The maximum absolute atomic E-state index is 11.9. The van der Waals surface area contributed by atoms with Crippen LogP contribution in [0.25, 0.3) is 11.0 Å². The topological polar surface area (TPSA) is 57.0 Å². The number of hydrogen-bond acceptors (Lipinski definition) is 4. The summed E-state index contributed by atoms with van der Waals surface area (Å²) in [6.07, 6.45) is 3.67. The molecule has 0 saturated carbocycles. The van der Waals surface area contributed by atoms with E-state index in [1.165, 1.54) is 7.11 Å². The molecule has 7 heteroatoms. The second-order valence-corrected chi connectivity index (χ2v) is 6.40. The van der Waals surface area contributed by atoms with Gasteiger partial charge < -0.3 is 9.30 Å². The van der Waals surface area contributed by atoms with Gasteiger partial charge in [0.2, 0.25) is 0 Å². The third kappa shape index (κ3) is 2.22. The van der Waals surface area contributed by atoms with E-state index in [4.69, 9.17) is 4.74 Å². The molecule has 0 spiro atoms. The molecule has 0 fully saturated rings. The van der Waals surface area contributed by atoms with Crippen molar-refractivity contribution in [3.05, 3.63) is 19.8 Å². The fourth-order valence-electron chi connectivity index (χ4n) is 1.72. The zero-order valence-electron chi connectivity index (χ0n) is 10.1. The van der Waals surface area contributed by atoms with Gasteiger partial charge in [-0.1, -0.05) is 0 Å². The van der Waals surface area contributed by atoms with Crippen molar-refractivity contribution in [1.82, 2.24) is 14.5 Å². The summed E-state index contributed by atoms with van der Waals surface area (Å²) in [4.78, 5) is 20.5. The number of rotatable bonds is 2. The summed E-state index contributed by atoms with van der Waals surface area (Å²) in [5.41, 5.74) is -0.0531. The molecule has 2 aromatic rings. The molecule has 96 valence electrons.